The van der Waals surface area contributed by atoms with Crippen molar-refractivity contribution < 1.29 is 4.79 Å². The van der Waals surface area contributed by atoms with E-state index in [1.807, 2.05) is 24.3 Å². The fraction of sp³-hybridized carbons (Fsp3) is 0.115. The zero-order chi connectivity index (χ0) is 21.2. The summed E-state index contributed by atoms with van der Waals surface area (Å²) in [4.78, 5) is 23.5. The van der Waals surface area contributed by atoms with E-state index in [1.165, 1.54) is 16.3 Å². The first-order valence-electron chi connectivity index (χ1n) is 10.3. The Morgan fingerprint density at radius 1 is 0.903 bits per heavy atom. The number of amides is 1. The molecule has 0 N–H and O–H groups in total. The van der Waals surface area contributed by atoms with Gasteiger partial charge in [-0.2, -0.15) is 0 Å². The number of carbonyl (C=O) groups is 1. The Labute approximate surface area is 180 Å². The van der Waals surface area contributed by atoms with E-state index in [2.05, 4.69) is 58.1 Å². The van der Waals surface area contributed by atoms with E-state index in [1.54, 1.807) is 30.3 Å². The molecule has 3 aromatic carbocycles. The summed E-state index contributed by atoms with van der Waals surface area (Å²) in [5.41, 5.74) is 3.62. The summed E-state index contributed by atoms with van der Waals surface area (Å²) in [5.74, 6) is 0.728. The van der Waals surface area contributed by atoms with E-state index in [-0.39, 0.29) is 5.91 Å². The van der Waals surface area contributed by atoms with Crippen LogP contribution in [-0.2, 0) is 13.1 Å². The Bertz CT molecular complexity index is 1370. The van der Waals surface area contributed by atoms with Gasteiger partial charge in [-0.25, -0.2) is 4.98 Å². The van der Waals surface area contributed by atoms with Crippen LogP contribution in [0.2, 0.25) is 0 Å². The molecule has 2 aromatic heterocycles. The van der Waals surface area contributed by atoms with Crippen molar-refractivity contribution in [2.75, 3.05) is 7.05 Å². The van der Waals surface area contributed by atoms with E-state index in [9.17, 15) is 4.79 Å². The Kier molecular flexibility index (Phi) is 4.92. The lowest BCUT2D eigenvalue weighted by Crippen LogP contribution is -2.28. The summed E-state index contributed by atoms with van der Waals surface area (Å²) in [6.45, 7) is 1.09. The van der Waals surface area contributed by atoms with Crippen LogP contribution >= 0.6 is 0 Å². The Morgan fingerprint density at radius 2 is 1.68 bits per heavy atom. The number of carbonyl (C=O) groups excluding carboxylic acids is 1. The zero-order valence-electron chi connectivity index (χ0n) is 17.3. The van der Waals surface area contributed by atoms with Crippen LogP contribution in [0.1, 0.15) is 21.9 Å². The minimum Gasteiger partial charge on any atom is -0.333 e. The number of rotatable bonds is 5. The van der Waals surface area contributed by atoms with Gasteiger partial charge in [-0.3, -0.25) is 9.78 Å². The Balaban J connectivity index is 1.49. The van der Waals surface area contributed by atoms with Crippen molar-refractivity contribution >= 4 is 27.7 Å². The lowest BCUT2D eigenvalue weighted by molar-refractivity contribution is 0.0774. The third-order valence-electron chi connectivity index (χ3n) is 5.50. The highest BCUT2D eigenvalue weighted by atomic mass is 16.2. The molecule has 0 bridgehead atoms. The maximum atomic E-state index is 12.8. The highest BCUT2D eigenvalue weighted by Gasteiger charge is 2.18. The van der Waals surface area contributed by atoms with Gasteiger partial charge in [0, 0.05) is 19.8 Å². The minimum atomic E-state index is -0.120. The second-order valence-electron chi connectivity index (χ2n) is 7.66. The Morgan fingerprint density at radius 3 is 2.52 bits per heavy atom. The molecule has 5 heteroatoms. The predicted octanol–water partition coefficient (Wildman–Crippen LogP) is 4.91. The molecule has 5 aromatic rings. The summed E-state index contributed by atoms with van der Waals surface area (Å²) in [5, 5.41) is 2.44. The molecule has 0 saturated carbocycles. The normalized spacial score (nSPS) is 11.1. The van der Waals surface area contributed by atoms with Crippen LogP contribution in [0.25, 0.3) is 21.8 Å². The lowest BCUT2D eigenvalue weighted by Gasteiger charge is -2.18. The van der Waals surface area contributed by atoms with Crippen molar-refractivity contribution in [3.05, 3.63) is 108 Å². The molecule has 0 fully saturated rings. The smallest absolute Gasteiger partial charge is 0.272 e. The van der Waals surface area contributed by atoms with Crippen LogP contribution in [0.4, 0.5) is 0 Å². The van der Waals surface area contributed by atoms with Crippen LogP contribution in [0.15, 0.2) is 91.1 Å². The molecule has 2 heterocycles. The monoisotopic (exact) mass is 406 g/mol. The van der Waals surface area contributed by atoms with Crippen molar-refractivity contribution in [3.8, 4) is 0 Å². The van der Waals surface area contributed by atoms with Gasteiger partial charge in [-0.1, -0.05) is 54.6 Å². The molecule has 0 spiro atoms. The molecular formula is C26H22N4O. The van der Waals surface area contributed by atoms with Gasteiger partial charge < -0.3 is 9.47 Å². The van der Waals surface area contributed by atoms with Crippen molar-refractivity contribution in [1.29, 1.82) is 0 Å². The average molecular weight is 406 g/mol. The topological polar surface area (TPSA) is 51.0 Å². The van der Waals surface area contributed by atoms with Crippen LogP contribution in [-0.4, -0.2) is 32.4 Å². The molecule has 0 aliphatic rings. The molecule has 0 saturated heterocycles. The summed E-state index contributed by atoms with van der Waals surface area (Å²) >= 11 is 0. The number of imidazole rings is 1. The van der Waals surface area contributed by atoms with Crippen LogP contribution < -0.4 is 0 Å². The molecule has 31 heavy (non-hydrogen) atoms. The lowest BCUT2D eigenvalue weighted by atomic mass is 10.1. The molecule has 0 atom stereocenters. The first kappa shape index (κ1) is 19.0. The quantitative estimate of drug-likeness (QED) is 0.417. The SMILES string of the molecule is CN(Cc1nc2ccccc2n1Cc1ccc2ccccc2c1)C(=O)c1ccccn1. The minimum absolute atomic E-state index is 0.120. The predicted molar refractivity (Wildman–Crippen MR) is 123 cm³/mol. The third-order valence-corrected chi connectivity index (χ3v) is 5.50. The number of aromatic nitrogens is 3. The molecule has 5 nitrogen and oxygen atoms in total. The average Bonchev–Trinajstić information content (AvgIpc) is 3.16. The number of fused-ring (bicyclic) bond motifs is 2. The van der Waals surface area contributed by atoms with Gasteiger partial charge in [0.05, 0.1) is 17.6 Å². The van der Waals surface area contributed by atoms with Gasteiger partial charge in [0.15, 0.2) is 0 Å². The fourth-order valence-corrected chi connectivity index (χ4v) is 3.91. The summed E-state index contributed by atoms with van der Waals surface area (Å²) < 4.78 is 2.20. The van der Waals surface area contributed by atoms with Crippen LogP contribution in [0, 0.1) is 0 Å². The molecule has 0 radical (unpaired) electrons. The van der Waals surface area contributed by atoms with Crippen molar-refractivity contribution in [2.24, 2.45) is 0 Å². The summed E-state index contributed by atoms with van der Waals surface area (Å²) in [6, 6.07) is 28.3. The van der Waals surface area contributed by atoms with E-state index < -0.39 is 0 Å². The van der Waals surface area contributed by atoms with Crippen molar-refractivity contribution in [3.63, 3.8) is 0 Å². The molecule has 0 aliphatic heterocycles. The zero-order valence-corrected chi connectivity index (χ0v) is 17.3. The van der Waals surface area contributed by atoms with Gasteiger partial charge in [-0.15, -0.1) is 0 Å². The number of para-hydroxylation sites is 2. The van der Waals surface area contributed by atoms with E-state index >= 15 is 0 Å². The van der Waals surface area contributed by atoms with Gasteiger partial charge in [0.2, 0.25) is 0 Å². The number of nitrogens with zero attached hydrogens (tertiary/aromatic N) is 4. The van der Waals surface area contributed by atoms with Crippen molar-refractivity contribution in [2.45, 2.75) is 13.1 Å². The van der Waals surface area contributed by atoms with Crippen LogP contribution in [0.3, 0.4) is 0 Å². The first-order chi connectivity index (χ1) is 15.2. The molecular weight excluding hydrogens is 384 g/mol. The summed E-state index contributed by atoms with van der Waals surface area (Å²) in [7, 11) is 1.79. The van der Waals surface area contributed by atoms with E-state index in [0.717, 1.165) is 16.9 Å². The fourth-order valence-electron chi connectivity index (χ4n) is 3.91. The maximum absolute atomic E-state index is 12.8. The number of benzene rings is 3. The molecule has 152 valence electrons. The van der Waals surface area contributed by atoms with Gasteiger partial charge in [0.25, 0.3) is 5.91 Å². The maximum Gasteiger partial charge on any atom is 0.272 e. The van der Waals surface area contributed by atoms with Crippen LogP contribution in [0.5, 0.6) is 0 Å². The first-order valence-corrected chi connectivity index (χ1v) is 10.3. The van der Waals surface area contributed by atoms with Gasteiger partial charge >= 0.3 is 0 Å². The molecule has 1 amide bonds. The van der Waals surface area contributed by atoms with E-state index in [0.29, 0.717) is 18.8 Å². The largest absolute Gasteiger partial charge is 0.333 e. The van der Waals surface area contributed by atoms with Gasteiger partial charge in [-0.05, 0) is 46.7 Å². The number of hydrogen-bond donors (Lipinski definition) is 0. The highest BCUT2D eigenvalue weighted by molar-refractivity contribution is 5.92. The second-order valence-corrected chi connectivity index (χ2v) is 7.66. The summed E-state index contributed by atoms with van der Waals surface area (Å²) in [6.07, 6.45) is 1.63. The number of hydrogen-bond acceptors (Lipinski definition) is 3. The molecule has 0 aliphatic carbocycles. The Hall–Kier alpha value is -3.99. The number of pyridine rings is 1. The van der Waals surface area contributed by atoms with Crippen molar-refractivity contribution in [1.82, 2.24) is 19.4 Å². The third kappa shape index (κ3) is 3.78. The molecule has 5 rings (SSSR count). The highest BCUT2D eigenvalue weighted by Crippen LogP contribution is 2.22. The second kappa shape index (κ2) is 8.03. The van der Waals surface area contributed by atoms with E-state index in [4.69, 9.17) is 4.98 Å². The molecule has 0 unspecified atom stereocenters. The standard InChI is InChI=1S/C26H22N4O/c1-29(26(31)23-11-6-7-15-27-23)18-25-28-22-10-4-5-12-24(22)30(25)17-19-13-14-20-8-2-3-9-21(20)16-19/h2-16H,17-18H2,1H3. The van der Waals surface area contributed by atoms with Gasteiger partial charge in [0.1, 0.15) is 11.5 Å².